The smallest absolute Gasteiger partial charge is 0.303 e. The Kier molecular flexibility index (Phi) is 6.92. The summed E-state index contributed by atoms with van der Waals surface area (Å²) in [5.41, 5.74) is 3.32. The number of esters is 1. The molecule has 0 amide bonds. The van der Waals surface area contributed by atoms with Crippen LogP contribution in [0.3, 0.4) is 0 Å². The van der Waals surface area contributed by atoms with E-state index in [-0.39, 0.29) is 5.97 Å². The van der Waals surface area contributed by atoms with Crippen LogP contribution in [-0.4, -0.2) is 14.0 Å². The van der Waals surface area contributed by atoms with Crippen molar-refractivity contribution in [1.82, 2.24) is 0 Å². The highest BCUT2D eigenvalue weighted by molar-refractivity contribution is 7.14. The Balaban J connectivity index is 1.74. The van der Waals surface area contributed by atoms with E-state index in [1.54, 1.807) is 0 Å². The molecule has 0 heterocycles. The summed E-state index contributed by atoms with van der Waals surface area (Å²) in [6.07, 6.45) is 1.60. The zero-order valence-electron chi connectivity index (χ0n) is 20.3. The molecule has 5 aromatic rings. The Bertz CT molecular complexity index is 1380. The first-order valence-electron chi connectivity index (χ1n) is 12.2. The molecule has 0 saturated heterocycles. The van der Waals surface area contributed by atoms with E-state index in [4.69, 9.17) is 4.74 Å². The van der Waals surface area contributed by atoms with Crippen LogP contribution >= 0.6 is 0 Å². The van der Waals surface area contributed by atoms with Crippen molar-refractivity contribution in [3.63, 3.8) is 0 Å². The average molecular weight is 485 g/mol. The largest absolute Gasteiger partial charge is 0.453 e. The molecule has 3 heteroatoms. The molecule has 0 saturated carbocycles. The predicted molar refractivity (Wildman–Crippen MR) is 152 cm³/mol. The quantitative estimate of drug-likeness (QED) is 0.168. The lowest BCUT2D eigenvalue weighted by molar-refractivity contribution is -0.144. The molecule has 0 spiro atoms. The summed E-state index contributed by atoms with van der Waals surface area (Å²) in [7, 11) is -2.61. The van der Waals surface area contributed by atoms with E-state index >= 15 is 0 Å². The van der Waals surface area contributed by atoms with Gasteiger partial charge in [-0.25, -0.2) is 0 Å². The Labute approximate surface area is 213 Å². The molecular formula is C33H28O2Si. The van der Waals surface area contributed by atoms with E-state index in [2.05, 4.69) is 127 Å². The first-order chi connectivity index (χ1) is 17.7. The Morgan fingerprint density at radius 1 is 0.639 bits per heavy atom. The third-order valence-corrected chi connectivity index (χ3v) is 11.1. The molecule has 0 N–H and O–H groups in total. The molecule has 0 bridgehead atoms. The number of ether oxygens (including phenoxy) is 1. The molecule has 1 unspecified atom stereocenters. The summed E-state index contributed by atoms with van der Waals surface area (Å²) in [6.45, 7) is 1.47. The summed E-state index contributed by atoms with van der Waals surface area (Å²) in [6, 6.07) is 46.5. The fraction of sp³-hybridized carbons (Fsp3) is 0.0606. The van der Waals surface area contributed by atoms with E-state index in [0.717, 1.165) is 16.3 Å². The third kappa shape index (κ3) is 4.66. The van der Waals surface area contributed by atoms with Crippen molar-refractivity contribution >= 4 is 40.4 Å². The van der Waals surface area contributed by atoms with Crippen molar-refractivity contribution in [3.8, 4) is 0 Å². The molecule has 0 radical (unpaired) electrons. The van der Waals surface area contributed by atoms with Gasteiger partial charge in [0, 0.05) is 12.5 Å². The van der Waals surface area contributed by atoms with Gasteiger partial charge in [0.15, 0.2) is 8.07 Å². The molecule has 36 heavy (non-hydrogen) atoms. The maximum atomic E-state index is 12.3. The average Bonchev–Trinajstić information content (AvgIpc) is 2.94. The molecule has 5 aromatic carbocycles. The molecule has 1 atom stereocenters. The second kappa shape index (κ2) is 10.6. The maximum absolute atomic E-state index is 12.3. The Hall–Kier alpha value is -4.21. The van der Waals surface area contributed by atoms with E-state index in [1.807, 2.05) is 18.2 Å². The second-order valence-electron chi connectivity index (χ2n) is 8.86. The van der Waals surface area contributed by atoms with Crippen LogP contribution < -0.4 is 15.6 Å². The SMILES string of the molecule is CC(=O)OC(/C=C/[Si](c1ccccc1)(c1ccccc1)c1ccccc1)c1cccc2ccccc12. The second-order valence-corrected chi connectivity index (χ2v) is 12.5. The van der Waals surface area contributed by atoms with Crippen LogP contribution in [0.5, 0.6) is 0 Å². The van der Waals surface area contributed by atoms with Crippen molar-refractivity contribution in [1.29, 1.82) is 0 Å². The summed E-state index contributed by atoms with van der Waals surface area (Å²) < 4.78 is 5.94. The topological polar surface area (TPSA) is 26.3 Å². The number of carbonyl (C=O) groups is 1. The number of fused-ring (bicyclic) bond motifs is 1. The normalized spacial score (nSPS) is 12.5. The first kappa shape index (κ1) is 23.5. The van der Waals surface area contributed by atoms with Gasteiger partial charge in [-0.1, -0.05) is 139 Å². The Morgan fingerprint density at radius 2 is 1.11 bits per heavy atom. The van der Waals surface area contributed by atoms with Gasteiger partial charge in [-0.2, -0.15) is 0 Å². The molecule has 5 rings (SSSR count). The van der Waals surface area contributed by atoms with Gasteiger partial charge in [-0.15, -0.1) is 0 Å². The van der Waals surface area contributed by atoms with Crippen molar-refractivity contribution in [2.75, 3.05) is 0 Å². The lowest BCUT2D eigenvalue weighted by Crippen LogP contribution is -2.66. The maximum Gasteiger partial charge on any atom is 0.303 e. The van der Waals surface area contributed by atoms with Crippen molar-refractivity contribution < 1.29 is 9.53 Å². The molecule has 0 aromatic heterocycles. The van der Waals surface area contributed by atoms with Gasteiger partial charge < -0.3 is 4.74 Å². The van der Waals surface area contributed by atoms with Crippen molar-refractivity contribution in [2.24, 2.45) is 0 Å². The first-order valence-corrected chi connectivity index (χ1v) is 14.3. The summed E-state index contributed by atoms with van der Waals surface area (Å²) >= 11 is 0. The van der Waals surface area contributed by atoms with Gasteiger partial charge in [0.1, 0.15) is 6.10 Å². The Morgan fingerprint density at radius 3 is 1.64 bits per heavy atom. The number of hydrogen-bond donors (Lipinski definition) is 0. The van der Waals surface area contributed by atoms with Crippen LogP contribution in [0, 0.1) is 0 Å². The summed E-state index contributed by atoms with van der Waals surface area (Å²) in [5, 5.41) is 6.04. The lowest BCUT2D eigenvalue weighted by atomic mass is 10.0. The zero-order chi connectivity index (χ0) is 24.8. The van der Waals surface area contributed by atoms with E-state index in [1.165, 1.54) is 22.5 Å². The minimum Gasteiger partial charge on any atom is -0.453 e. The monoisotopic (exact) mass is 484 g/mol. The van der Waals surface area contributed by atoms with E-state index < -0.39 is 14.2 Å². The van der Waals surface area contributed by atoms with Crippen LogP contribution in [0.25, 0.3) is 10.8 Å². The highest BCUT2D eigenvalue weighted by atomic mass is 28.3. The van der Waals surface area contributed by atoms with Gasteiger partial charge >= 0.3 is 5.97 Å². The molecule has 0 aliphatic heterocycles. The fourth-order valence-corrected chi connectivity index (χ4v) is 9.20. The van der Waals surface area contributed by atoms with E-state index in [9.17, 15) is 4.79 Å². The summed E-state index contributed by atoms with van der Waals surface area (Å²) in [5.74, 6) is -0.302. The van der Waals surface area contributed by atoms with Crippen molar-refractivity contribution in [3.05, 3.63) is 151 Å². The molecule has 2 nitrogen and oxygen atoms in total. The van der Waals surface area contributed by atoms with E-state index in [0.29, 0.717) is 0 Å². The molecule has 176 valence electrons. The van der Waals surface area contributed by atoms with Gasteiger partial charge in [0.05, 0.1) is 0 Å². The minimum atomic E-state index is -2.61. The minimum absolute atomic E-state index is 0.302. The van der Waals surface area contributed by atoms with Gasteiger partial charge in [0.2, 0.25) is 0 Å². The fourth-order valence-electron chi connectivity index (χ4n) is 5.01. The van der Waals surface area contributed by atoms with Crippen LogP contribution in [-0.2, 0) is 9.53 Å². The van der Waals surface area contributed by atoms with Crippen LogP contribution in [0.2, 0.25) is 0 Å². The molecule has 0 aliphatic rings. The van der Waals surface area contributed by atoms with Crippen LogP contribution in [0.1, 0.15) is 18.6 Å². The van der Waals surface area contributed by atoms with Gasteiger partial charge in [-0.05, 0) is 32.4 Å². The lowest BCUT2D eigenvalue weighted by Gasteiger charge is -2.31. The molecule has 0 fully saturated rings. The summed E-state index contributed by atoms with van der Waals surface area (Å²) in [4.78, 5) is 12.3. The third-order valence-electron chi connectivity index (χ3n) is 6.63. The van der Waals surface area contributed by atoms with Gasteiger partial charge in [-0.3, -0.25) is 4.79 Å². The van der Waals surface area contributed by atoms with Crippen LogP contribution in [0.15, 0.2) is 145 Å². The highest BCUT2D eigenvalue weighted by Crippen LogP contribution is 2.28. The molecule has 0 aliphatic carbocycles. The van der Waals surface area contributed by atoms with Crippen LogP contribution in [0.4, 0.5) is 0 Å². The van der Waals surface area contributed by atoms with Crippen molar-refractivity contribution in [2.45, 2.75) is 13.0 Å². The number of hydrogen-bond acceptors (Lipinski definition) is 2. The number of rotatable bonds is 7. The standard InChI is InChI=1S/C33H28O2Si/c1-26(34)35-33(32-23-13-15-27-14-11-12-22-31(27)32)24-25-36(28-16-5-2-6-17-28,29-18-7-3-8-19-29)30-20-9-4-10-21-30/h2-25,33H,1H3/b25-24+. The van der Waals surface area contributed by atoms with Gasteiger partial charge in [0.25, 0.3) is 0 Å². The highest BCUT2D eigenvalue weighted by Gasteiger charge is 2.37. The number of benzene rings is 5. The molecular weight excluding hydrogens is 456 g/mol. The zero-order valence-corrected chi connectivity index (χ0v) is 21.3. The number of carbonyl (C=O) groups excluding carboxylic acids is 1. The predicted octanol–water partition coefficient (Wildman–Crippen LogP) is 5.71.